The van der Waals surface area contributed by atoms with Crippen molar-refractivity contribution >= 4 is 17.3 Å². The minimum absolute atomic E-state index is 0.491. The second kappa shape index (κ2) is 5.31. The summed E-state index contributed by atoms with van der Waals surface area (Å²) < 4.78 is 2.09. The summed E-state index contributed by atoms with van der Waals surface area (Å²) in [6.45, 7) is 3.39. The number of hydrogen-bond acceptors (Lipinski definition) is 3. The number of nitrogens with zero attached hydrogens (tertiary/aromatic N) is 3. The first-order chi connectivity index (χ1) is 8.61. The third kappa shape index (κ3) is 2.59. The first-order valence-electron chi connectivity index (χ1n) is 6.16. The zero-order valence-corrected chi connectivity index (χ0v) is 11.2. The number of benzene rings is 1. The van der Waals surface area contributed by atoms with Gasteiger partial charge in [-0.3, -0.25) is 4.90 Å². The van der Waals surface area contributed by atoms with E-state index in [1.54, 1.807) is 0 Å². The van der Waals surface area contributed by atoms with E-state index in [1.807, 2.05) is 25.9 Å². The molecule has 4 heteroatoms. The third-order valence-corrected chi connectivity index (χ3v) is 3.34. The molecule has 0 atom stereocenters. The smallest absolute Gasteiger partial charge is 0.133 e. The number of carbonyl (C=O) groups excluding carboxylic acids is 1. The molecular weight excluding hydrogens is 226 g/mol. The predicted molar refractivity (Wildman–Crippen MR) is 72.7 cm³/mol. The van der Waals surface area contributed by atoms with Crippen LogP contribution in [0.15, 0.2) is 18.2 Å². The lowest BCUT2D eigenvalue weighted by Gasteiger charge is -2.12. The number of aldehydes is 1. The zero-order valence-electron chi connectivity index (χ0n) is 11.2. The largest absolute Gasteiger partial charge is 0.331 e. The Kier molecular flexibility index (Phi) is 3.77. The average Bonchev–Trinajstić information content (AvgIpc) is 2.63. The Morgan fingerprint density at radius 2 is 2.22 bits per heavy atom. The maximum absolute atomic E-state index is 10.4. The van der Waals surface area contributed by atoms with Crippen molar-refractivity contribution < 1.29 is 4.79 Å². The first kappa shape index (κ1) is 12.8. The second-order valence-electron chi connectivity index (χ2n) is 4.72. The molecule has 0 spiro atoms. The number of hydrogen-bond donors (Lipinski definition) is 0. The molecule has 0 radical (unpaired) electrons. The maximum Gasteiger partial charge on any atom is 0.133 e. The van der Waals surface area contributed by atoms with E-state index < -0.39 is 0 Å². The lowest BCUT2D eigenvalue weighted by Crippen LogP contribution is -2.23. The van der Waals surface area contributed by atoms with Crippen LogP contribution in [0.1, 0.15) is 11.4 Å². The molecule has 0 amide bonds. The zero-order chi connectivity index (χ0) is 13.1. The van der Waals surface area contributed by atoms with Gasteiger partial charge in [-0.15, -0.1) is 0 Å². The minimum atomic E-state index is 0.491. The summed E-state index contributed by atoms with van der Waals surface area (Å²) in [5.41, 5.74) is 3.47. The van der Waals surface area contributed by atoms with E-state index in [0.717, 1.165) is 36.1 Å². The molecule has 2 rings (SSSR count). The molecule has 0 aliphatic heterocycles. The van der Waals surface area contributed by atoms with Gasteiger partial charge in [0.1, 0.15) is 12.1 Å². The Labute approximate surface area is 107 Å². The van der Waals surface area contributed by atoms with Crippen LogP contribution in [0.2, 0.25) is 0 Å². The number of aromatic nitrogens is 2. The van der Waals surface area contributed by atoms with Crippen molar-refractivity contribution in [3.8, 4) is 0 Å². The van der Waals surface area contributed by atoms with E-state index in [-0.39, 0.29) is 0 Å². The molecule has 4 nitrogen and oxygen atoms in total. The number of imidazole rings is 1. The van der Waals surface area contributed by atoms with Crippen molar-refractivity contribution in [2.45, 2.75) is 13.3 Å². The number of carbonyl (C=O) groups is 1. The van der Waals surface area contributed by atoms with Crippen LogP contribution in [0.25, 0.3) is 11.0 Å². The number of aryl methyl sites for hydroxylation is 2. The monoisotopic (exact) mass is 245 g/mol. The molecule has 2 aromatic rings. The number of fused-ring (bicyclic) bond motifs is 1. The maximum atomic E-state index is 10.4. The van der Waals surface area contributed by atoms with Crippen LogP contribution in [0.3, 0.4) is 0 Å². The lowest BCUT2D eigenvalue weighted by atomic mass is 10.1. The second-order valence-corrected chi connectivity index (χ2v) is 4.72. The summed E-state index contributed by atoms with van der Waals surface area (Å²) in [5.74, 6) is 1.03. The van der Waals surface area contributed by atoms with Crippen LogP contribution >= 0.6 is 0 Å². The fourth-order valence-corrected chi connectivity index (χ4v) is 2.06. The molecule has 0 bridgehead atoms. The quantitative estimate of drug-likeness (QED) is 0.750. The highest BCUT2D eigenvalue weighted by molar-refractivity contribution is 5.76. The van der Waals surface area contributed by atoms with E-state index >= 15 is 0 Å². The Hall–Kier alpha value is -1.68. The lowest BCUT2D eigenvalue weighted by molar-refractivity contribution is -0.108. The highest BCUT2D eigenvalue weighted by Crippen LogP contribution is 2.16. The Morgan fingerprint density at radius 1 is 1.44 bits per heavy atom. The summed E-state index contributed by atoms with van der Waals surface area (Å²) in [7, 11) is 3.99. The summed E-state index contributed by atoms with van der Waals surface area (Å²) in [6, 6.07) is 6.39. The van der Waals surface area contributed by atoms with Crippen LogP contribution in [0.4, 0.5) is 0 Å². The predicted octanol–water partition coefficient (Wildman–Crippen LogP) is 1.55. The molecule has 0 fully saturated rings. The van der Waals surface area contributed by atoms with Gasteiger partial charge >= 0.3 is 0 Å². The van der Waals surface area contributed by atoms with Crippen molar-refractivity contribution in [2.24, 2.45) is 7.05 Å². The van der Waals surface area contributed by atoms with Gasteiger partial charge in [-0.25, -0.2) is 4.98 Å². The molecule has 0 N–H and O–H groups in total. The van der Waals surface area contributed by atoms with Gasteiger partial charge in [-0.1, -0.05) is 6.07 Å². The first-order valence-corrected chi connectivity index (χ1v) is 6.16. The van der Waals surface area contributed by atoms with Crippen LogP contribution in [0, 0.1) is 6.92 Å². The van der Waals surface area contributed by atoms with Crippen molar-refractivity contribution in [3.63, 3.8) is 0 Å². The number of rotatable bonds is 5. The molecule has 1 aromatic carbocycles. The van der Waals surface area contributed by atoms with Gasteiger partial charge in [-0.2, -0.15) is 0 Å². The number of likely N-dealkylation sites (N-methyl/N-ethyl adjacent to an activating group) is 1. The van der Waals surface area contributed by atoms with E-state index in [1.165, 1.54) is 5.56 Å². The minimum Gasteiger partial charge on any atom is -0.331 e. The topological polar surface area (TPSA) is 38.1 Å². The van der Waals surface area contributed by atoms with Gasteiger partial charge in [0.25, 0.3) is 0 Å². The highest BCUT2D eigenvalue weighted by Gasteiger charge is 2.05. The SMILES string of the molecule is Cc1nc2cc(CCN(C)CC=O)ccc2n1C. The van der Waals surface area contributed by atoms with E-state index in [4.69, 9.17) is 0 Å². The summed E-state index contributed by atoms with van der Waals surface area (Å²) in [4.78, 5) is 16.9. The molecule has 0 aliphatic carbocycles. The summed E-state index contributed by atoms with van der Waals surface area (Å²) in [6.07, 6.45) is 1.88. The molecule has 0 saturated heterocycles. The molecule has 1 aromatic heterocycles. The van der Waals surface area contributed by atoms with Gasteiger partial charge in [0.05, 0.1) is 17.6 Å². The highest BCUT2D eigenvalue weighted by atomic mass is 16.1. The van der Waals surface area contributed by atoms with Crippen LogP contribution in [-0.2, 0) is 18.3 Å². The molecular formula is C14H19N3O. The van der Waals surface area contributed by atoms with Crippen LogP contribution in [0.5, 0.6) is 0 Å². The molecule has 0 saturated carbocycles. The van der Waals surface area contributed by atoms with Gasteiger partial charge in [0, 0.05) is 13.6 Å². The average molecular weight is 245 g/mol. The van der Waals surface area contributed by atoms with Gasteiger partial charge in [0.2, 0.25) is 0 Å². The Balaban J connectivity index is 2.13. The molecule has 96 valence electrons. The van der Waals surface area contributed by atoms with E-state index in [0.29, 0.717) is 6.54 Å². The Morgan fingerprint density at radius 3 is 2.94 bits per heavy atom. The summed E-state index contributed by atoms with van der Waals surface area (Å²) >= 11 is 0. The van der Waals surface area contributed by atoms with Crippen molar-refractivity contribution in [3.05, 3.63) is 29.6 Å². The van der Waals surface area contributed by atoms with Gasteiger partial charge in [0.15, 0.2) is 0 Å². The molecule has 1 heterocycles. The molecule has 0 unspecified atom stereocenters. The van der Waals surface area contributed by atoms with Crippen molar-refractivity contribution in [1.82, 2.24) is 14.5 Å². The fraction of sp³-hybridized carbons (Fsp3) is 0.429. The molecule has 18 heavy (non-hydrogen) atoms. The standard InChI is InChI=1S/C14H19N3O/c1-11-15-13-10-12(4-5-14(13)17(11)3)6-7-16(2)8-9-18/h4-5,9-10H,6-8H2,1-3H3. The fourth-order valence-electron chi connectivity index (χ4n) is 2.06. The van der Waals surface area contributed by atoms with E-state index in [9.17, 15) is 4.79 Å². The van der Waals surface area contributed by atoms with Crippen LogP contribution in [-0.4, -0.2) is 40.9 Å². The van der Waals surface area contributed by atoms with Gasteiger partial charge < -0.3 is 9.36 Å². The van der Waals surface area contributed by atoms with Crippen LogP contribution < -0.4 is 0 Å². The van der Waals surface area contributed by atoms with Crippen molar-refractivity contribution in [1.29, 1.82) is 0 Å². The molecule has 0 aliphatic rings. The summed E-state index contributed by atoms with van der Waals surface area (Å²) in [5, 5.41) is 0. The van der Waals surface area contributed by atoms with E-state index in [2.05, 4.69) is 27.8 Å². The Bertz CT molecular complexity index is 559. The third-order valence-electron chi connectivity index (χ3n) is 3.34. The van der Waals surface area contributed by atoms with Crippen molar-refractivity contribution in [2.75, 3.05) is 20.1 Å². The normalized spacial score (nSPS) is 11.3. The van der Waals surface area contributed by atoms with Gasteiger partial charge in [-0.05, 0) is 38.1 Å².